The Labute approximate surface area is 104 Å². The molecule has 1 rings (SSSR count). The molecule has 0 aliphatic carbocycles. The van der Waals surface area contributed by atoms with Crippen LogP contribution in [0.2, 0.25) is 0 Å². The second-order valence-corrected chi connectivity index (χ2v) is 3.67. The Bertz CT molecular complexity index is 261. The first-order valence-electron chi connectivity index (χ1n) is 3.58. The second-order valence-electron chi connectivity index (χ2n) is 2.81. The van der Waals surface area contributed by atoms with Crippen molar-refractivity contribution in [2.75, 3.05) is 0 Å². The minimum atomic E-state index is 0. The van der Waals surface area contributed by atoms with E-state index < -0.39 is 0 Å². The van der Waals surface area contributed by atoms with Gasteiger partial charge in [0, 0.05) is 4.47 Å². The number of benzene rings is 1. The van der Waals surface area contributed by atoms with E-state index >= 15 is 0 Å². The fraction of sp³-hybridized carbons (Fsp3) is 0.333. The minimum Gasteiger partial charge on any atom is -0.872 e. The summed E-state index contributed by atoms with van der Waals surface area (Å²) in [5.41, 5.74) is 0.874. The smallest absolute Gasteiger partial charge is 0.872 e. The quantitative estimate of drug-likeness (QED) is 0.612. The molecule has 0 bridgehead atoms. The van der Waals surface area contributed by atoms with Crippen molar-refractivity contribution in [1.82, 2.24) is 0 Å². The molecule has 0 heterocycles. The van der Waals surface area contributed by atoms with E-state index in [1.807, 2.05) is 26.0 Å². The van der Waals surface area contributed by atoms with Crippen LogP contribution in [0.1, 0.15) is 25.3 Å². The van der Waals surface area contributed by atoms with Crippen LogP contribution < -0.4 is 34.7 Å². The number of hydrogen-bond donors (Lipinski definition) is 0. The van der Waals surface area contributed by atoms with E-state index in [0.29, 0.717) is 10.4 Å². The summed E-state index contributed by atoms with van der Waals surface area (Å²) in [5, 5.41) is 11.4. The van der Waals surface area contributed by atoms with Gasteiger partial charge in [0.25, 0.3) is 0 Å². The average Bonchev–Trinajstić information content (AvgIpc) is 1.94. The molecule has 0 radical (unpaired) electrons. The fourth-order valence-corrected chi connectivity index (χ4v) is 1.36. The topological polar surface area (TPSA) is 23.1 Å². The molecule has 0 amide bonds. The van der Waals surface area contributed by atoms with Crippen molar-refractivity contribution in [2.45, 2.75) is 19.8 Å². The third-order valence-electron chi connectivity index (χ3n) is 1.62. The molecule has 0 unspecified atom stereocenters. The fourth-order valence-electron chi connectivity index (χ4n) is 0.980. The number of halogens is 1. The van der Waals surface area contributed by atoms with Gasteiger partial charge in [-0.1, -0.05) is 53.2 Å². The van der Waals surface area contributed by atoms with Gasteiger partial charge in [0.05, 0.1) is 0 Å². The normalized spacial score (nSPS) is 9.67. The first kappa shape index (κ1) is 12.5. The SMILES string of the molecule is CC(C)c1cccc(Br)c1[O-].[Na+]. The average molecular weight is 237 g/mol. The van der Waals surface area contributed by atoms with Gasteiger partial charge in [0.2, 0.25) is 0 Å². The van der Waals surface area contributed by atoms with Crippen LogP contribution in [0, 0.1) is 0 Å². The maximum Gasteiger partial charge on any atom is 1.00 e. The molecule has 0 saturated heterocycles. The van der Waals surface area contributed by atoms with Crippen molar-refractivity contribution < 1.29 is 34.7 Å². The summed E-state index contributed by atoms with van der Waals surface area (Å²) in [6.45, 7) is 4.03. The molecule has 3 heteroatoms. The molecule has 1 nitrogen and oxygen atoms in total. The molecule has 0 aliphatic rings. The van der Waals surface area contributed by atoms with Gasteiger partial charge in [-0.25, -0.2) is 0 Å². The molecular weight excluding hydrogens is 227 g/mol. The van der Waals surface area contributed by atoms with Crippen LogP contribution in [-0.2, 0) is 0 Å². The molecule has 0 aromatic heterocycles. The summed E-state index contributed by atoms with van der Waals surface area (Å²) in [6, 6.07) is 5.53. The summed E-state index contributed by atoms with van der Waals surface area (Å²) in [6.07, 6.45) is 0. The zero-order chi connectivity index (χ0) is 8.43. The predicted molar refractivity (Wildman–Crippen MR) is 47.7 cm³/mol. The van der Waals surface area contributed by atoms with E-state index in [9.17, 15) is 5.11 Å². The van der Waals surface area contributed by atoms with Gasteiger partial charge in [0.15, 0.2) is 0 Å². The van der Waals surface area contributed by atoms with Crippen LogP contribution in [0.4, 0.5) is 0 Å². The molecule has 12 heavy (non-hydrogen) atoms. The van der Waals surface area contributed by atoms with Gasteiger partial charge < -0.3 is 5.11 Å². The monoisotopic (exact) mass is 236 g/mol. The molecular formula is C9H10BrNaO. The van der Waals surface area contributed by atoms with Gasteiger partial charge in [-0.2, -0.15) is 0 Å². The van der Waals surface area contributed by atoms with E-state index in [2.05, 4.69) is 15.9 Å². The maximum atomic E-state index is 11.4. The van der Waals surface area contributed by atoms with Crippen LogP contribution in [0.5, 0.6) is 5.75 Å². The van der Waals surface area contributed by atoms with E-state index in [0.717, 1.165) is 5.56 Å². The third-order valence-corrected chi connectivity index (χ3v) is 2.24. The molecule has 0 N–H and O–H groups in total. The summed E-state index contributed by atoms with van der Waals surface area (Å²) < 4.78 is 0.656. The Hall–Kier alpha value is 0.500. The molecule has 1 aromatic rings. The molecule has 60 valence electrons. The summed E-state index contributed by atoms with van der Waals surface area (Å²) in [4.78, 5) is 0. The Morgan fingerprint density at radius 1 is 1.33 bits per heavy atom. The zero-order valence-corrected chi connectivity index (χ0v) is 11.2. The number of rotatable bonds is 1. The van der Waals surface area contributed by atoms with Crippen LogP contribution in [-0.4, -0.2) is 0 Å². The molecule has 0 fully saturated rings. The molecule has 0 atom stereocenters. The van der Waals surface area contributed by atoms with Crippen LogP contribution in [0.15, 0.2) is 22.7 Å². The Balaban J connectivity index is 0.00000121. The van der Waals surface area contributed by atoms with Gasteiger partial charge in [-0.15, -0.1) is 0 Å². The summed E-state index contributed by atoms with van der Waals surface area (Å²) in [5.74, 6) is 0.419. The maximum absolute atomic E-state index is 11.4. The van der Waals surface area contributed by atoms with Crippen LogP contribution in [0.3, 0.4) is 0 Å². The second kappa shape index (κ2) is 5.28. The van der Waals surface area contributed by atoms with Gasteiger partial charge >= 0.3 is 29.6 Å². The van der Waals surface area contributed by atoms with E-state index in [1.54, 1.807) is 6.07 Å². The van der Waals surface area contributed by atoms with Crippen LogP contribution >= 0.6 is 15.9 Å². The van der Waals surface area contributed by atoms with Gasteiger partial charge in [-0.3, -0.25) is 0 Å². The van der Waals surface area contributed by atoms with Crippen molar-refractivity contribution in [3.8, 4) is 5.75 Å². The third kappa shape index (κ3) is 2.77. The summed E-state index contributed by atoms with van der Waals surface area (Å²) >= 11 is 3.20. The van der Waals surface area contributed by atoms with Crippen molar-refractivity contribution in [3.63, 3.8) is 0 Å². The minimum absolute atomic E-state index is 0. The number of para-hydroxylation sites is 1. The van der Waals surface area contributed by atoms with Crippen molar-refractivity contribution in [2.24, 2.45) is 0 Å². The molecule has 0 saturated carbocycles. The Morgan fingerprint density at radius 3 is 2.33 bits per heavy atom. The zero-order valence-electron chi connectivity index (χ0n) is 7.60. The summed E-state index contributed by atoms with van der Waals surface area (Å²) in [7, 11) is 0. The van der Waals surface area contributed by atoms with E-state index in [1.165, 1.54) is 0 Å². The molecule has 0 spiro atoms. The van der Waals surface area contributed by atoms with Gasteiger partial charge in [0.1, 0.15) is 0 Å². The largest absolute Gasteiger partial charge is 1.00 e. The van der Waals surface area contributed by atoms with Crippen molar-refractivity contribution in [3.05, 3.63) is 28.2 Å². The standard InChI is InChI=1S/C9H11BrO.Na/c1-6(2)7-4-3-5-8(10)9(7)11;/h3-6,11H,1-2H3;/q;+1/p-1. The first-order chi connectivity index (χ1) is 5.13. The molecule has 1 aromatic carbocycles. The first-order valence-corrected chi connectivity index (χ1v) is 4.37. The van der Waals surface area contributed by atoms with Crippen molar-refractivity contribution in [1.29, 1.82) is 0 Å². The predicted octanol–water partition coefficient (Wildman–Crippen LogP) is -0.350. The Morgan fingerprint density at radius 2 is 1.92 bits per heavy atom. The van der Waals surface area contributed by atoms with Gasteiger partial charge in [-0.05, 0) is 12.0 Å². The Kier molecular flexibility index (Phi) is 5.50. The van der Waals surface area contributed by atoms with E-state index in [4.69, 9.17) is 0 Å². The molecule has 0 aliphatic heterocycles. The van der Waals surface area contributed by atoms with Crippen LogP contribution in [0.25, 0.3) is 0 Å². The van der Waals surface area contributed by atoms with Crippen molar-refractivity contribution >= 4 is 15.9 Å². The van der Waals surface area contributed by atoms with E-state index in [-0.39, 0.29) is 35.3 Å². The number of hydrogen-bond acceptors (Lipinski definition) is 1.